The molecule has 212 valence electrons. The van der Waals surface area contributed by atoms with Crippen molar-refractivity contribution < 1.29 is 22.6 Å². The summed E-state index contributed by atoms with van der Waals surface area (Å²) in [5, 5.41) is 13.7. The maximum Gasteiger partial charge on any atom is 0.320 e. The molecule has 12 heteroatoms. The van der Waals surface area contributed by atoms with Gasteiger partial charge in [-0.05, 0) is 50.0 Å². The van der Waals surface area contributed by atoms with Gasteiger partial charge >= 0.3 is 6.01 Å². The molecule has 8 nitrogen and oxygen atoms in total. The third-order valence-corrected chi connectivity index (χ3v) is 9.52. The van der Waals surface area contributed by atoms with Gasteiger partial charge in [-0.1, -0.05) is 12.1 Å². The minimum Gasteiger partial charge on any atom is -0.472 e. The summed E-state index contributed by atoms with van der Waals surface area (Å²) < 4.78 is 57.9. The fourth-order valence-electron chi connectivity index (χ4n) is 6.54. The number of nitrogens with zero attached hydrogens (tertiary/aromatic N) is 4. The van der Waals surface area contributed by atoms with E-state index in [-0.39, 0.29) is 56.3 Å². The second-order valence-corrected chi connectivity index (χ2v) is 12.0. The van der Waals surface area contributed by atoms with E-state index in [1.807, 2.05) is 6.07 Å². The van der Waals surface area contributed by atoms with Gasteiger partial charge in [-0.2, -0.15) is 15.2 Å². The number of hydrogen-bond acceptors (Lipinski definition) is 9. The van der Waals surface area contributed by atoms with E-state index >= 15 is 4.39 Å². The number of halogens is 3. The Morgan fingerprint density at radius 3 is 2.88 bits per heavy atom. The molecule has 0 radical (unpaired) electrons. The van der Waals surface area contributed by atoms with Crippen LogP contribution in [0.4, 0.5) is 18.2 Å². The van der Waals surface area contributed by atoms with Gasteiger partial charge in [-0.25, -0.2) is 13.2 Å². The zero-order valence-corrected chi connectivity index (χ0v) is 22.9. The molecular weight excluding hydrogens is 553 g/mol. The second-order valence-electron chi connectivity index (χ2n) is 11.0. The summed E-state index contributed by atoms with van der Waals surface area (Å²) in [7, 11) is 0. The van der Waals surface area contributed by atoms with Gasteiger partial charge in [0.2, 0.25) is 5.88 Å². The fourth-order valence-corrected chi connectivity index (χ4v) is 7.48. The van der Waals surface area contributed by atoms with Crippen LogP contribution in [-0.4, -0.2) is 65.5 Å². The molecule has 0 amide bonds. The number of anilines is 1. The maximum absolute atomic E-state index is 16.4. The first-order valence-electron chi connectivity index (χ1n) is 13.7. The number of aromatic nitrogens is 2. The van der Waals surface area contributed by atoms with E-state index in [2.05, 4.69) is 20.2 Å². The molecule has 0 spiro atoms. The molecule has 3 saturated heterocycles. The van der Waals surface area contributed by atoms with E-state index in [9.17, 15) is 14.0 Å². The van der Waals surface area contributed by atoms with Crippen molar-refractivity contribution in [1.29, 1.82) is 5.26 Å². The molecule has 0 aliphatic carbocycles. The monoisotopic (exact) mass is 580 g/mol. The molecule has 7 rings (SSSR count). The lowest BCUT2D eigenvalue weighted by Gasteiger charge is -2.30. The summed E-state index contributed by atoms with van der Waals surface area (Å²) in [6, 6.07) is 7.87. The van der Waals surface area contributed by atoms with Crippen LogP contribution in [0.2, 0.25) is 0 Å². The minimum atomic E-state index is -0.915. The Bertz CT molecular complexity index is 1720. The van der Waals surface area contributed by atoms with Gasteiger partial charge in [0.1, 0.15) is 41.3 Å². The summed E-state index contributed by atoms with van der Waals surface area (Å²) in [5.41, 5.74) is 6.11. The topological polar surface area (TPSA) is 109 Å². The van der Waals surface area contributed by atoms with E-state index in [0.717, 1.165) is 43.7 Å². The number of alkyl halides is 1. The summed E-state index contributed by atoms with van der Waals surface area (Å²) in [6.45, 7) is 2.80. The molecule has 2 aromatic heterocycles. The molecule has 3 atom stereocenters. The zero-order valence-electron chi connectivity index (χ0n) is 22.1. The Morgan fingerprint density at radius 1 is 1.22 bits per heavy atom. The van der Waals surface area contributed by atoms with Gasteiger partial charge in [0.05, 0.1) is 21.2 Å². The Hall–Kier alpha value is -3.66. The quantitative estimate of drug-likeness (QED) is 0.330. The smallest absolute Gasteiger partial charge is 0.320 e. The van der Waals surface area contributed by atoms with Crippen LogP contribution in [0.15, 0.2) is 24.3 Å². The van der Waals surface area contributed by atoms with Crippen LogP contribution in [-0.2, 0) is 0 Å². The highest BCUT2D eigenvalue weighted by Gasteiger charge is 2.49. The highest BCUT2D eigenvalue weighted by Crippen LogP contribution is 2.44. The van der Waals surface area contributed by atoms with Gasteiger partial charge in [-0.3, -0.25) is 4.90 Å². The van der Waals surface area contributed by atoms with E-state index < -0.39 is 23.3 Å². The first kappa shape index (κ1) is 26.3. The van der Waals surface area contributed by atoms with Crippen molar-refractivity contribution in [2.45, 2.75) is 43.5 Å². The Morgan fingerprint density at radius 2 is 2.07 bits per heavy atom. The Kier molecular flexibility index (Phi) is 6.41. The van der Waals surface area contributed by atoms with Crippen LogP contribution < -0.4 is 20.5 Å². The van der Waals surface area contributed by atoms with Crippen LogP contribution in [0.25, 0.3) is 32.1 Å². The van der Waals surface area contributed by atoms with Gasteiger partial charge in [0.15, 0.2) is 5.82 Å². The third-order valence-electron chi connectivity index (χ3n) is 8.50. The molecule has 41 heavy (non-hydrogen) atoms. The highest BCUT2D eigenvalue weighted by atomic mass is 32.1. The molecular formula is C29H27F3N6O2S. The highest BCUT2D eigenvalue weighted by molar-refractivity contribution is 7.23. The molecule has 4 aromatic rings. The predicted octanol–water partition coefficient (Wildman–Crippen LogP) is 4.94. The number of nitrogens with one attached hydrogen (secondary N) is 1. The number of nitrogen functional groups attached to an aromatic ring is 1. The Labute approximate surface area is 237 Å². The molecule has 0 bridgehead atoms. The Balaban J connectivity index is 1.34. The predicted molar refractivity (Wildman–Crippen MR) is 150 cm³/mol. The molecule has 5 heterocycles. The van der Waals surface area contributed by atoms with Crippen LogP contribution in [0.3, 0.4) is 0 Å². The van der Waals surface area contributed by atoms with Crippen molar-refractivity contribution in [2.75, 3.05) is 38.5 Å². The number of hydrogen-bond donors (Lipinski definition) is 2. The van der Waals surface area contributed by atoms with Gasteiger partial charge in [0.25, 0.3) is 0 Å². The maximum atomic E-state index is 16.4. The van der Waals surface area contributed by atoms with Crippen LogP contribution in [0.1, 0.15) is 31.2 Å². The molecule has 3 aliphatic rings. The first-order valence-corrected chi connectivity index (χ1v) is 14.5. The number of thiophene rings is 1. The minimum absolute atomic E-state index is 0.0248. The van der Waals surface area contributed by atoms with Crippen LogP contribution in [0.5, 0.6) is 11.9 Å². The second kappa shape index (κ2) is 10.0. The number of nitriles is 1. The van der Waals surface area contributed by atoms with E-state index in [4.69, 9.17) is 15.2 Å². The zero-order chi connectivity index (χ0) is 28.3. The third kappa shape index (κ3) is 4.34. The normalized spacial score (nSPS) is 24.2. The van der Waals surface area contributed by atoms with Crippen molar-refractivity contribution in [3.63, 3.8) is 0 Å². The number of ether oxygens (including phenoxy) is 2. The number of fused-ring (bicyclic) bond motifs is 3. The average molecular weight is 581 g/mol. The number of rotatable bonds is 6. The molecule has 3 unspecified atom stereocenters. The van der Waals surface area contributed by atoms with Crippen LogP contribution >= 0.6 is 11.3 Å². The average Bonchev–Trinajstić information content (AvgIpc) is 3.73. The van der Waals surface area contributed by atoms with Crippen molar-refractivity contribution in [2.24, 2.45) is 0 Å². The van der Waals surface area contributed by atoms with Crippen molar-refractivity contribution in [3.05, 3.63) is 41.5 Å². The van der Waals surface area contributed by atoms with Gasteiger partial charge < -0.3 is 20.5 Å². The van der Waals surface area contributed by atoms with E-state index in [0.29, 0.717) is 30.5 Å². The lowest BCUT2D eigenvalue weighted by atomic mass is 9.95. The summed E-state index contributed by atoms with van der Waals surface area (Å²) in [4.78, 5) is 11.1. The largest absolute Gasteiger partial charge is 0.472 e. The molecule has 3 N–H and O–H groups in total. The summed E-state index contributed by atoms with van der Waals surface area (Å²) >= 11 is 0.952. The fraction of sp³-hybridized carbons (Fsp3) is 0.414. The molecule has 3 fully saturated rings. The lowest BCUT2D eigenvalue weighted by molar-refractivity contribution is 0.106. The molecule has 2 aromatic carbocycles. The lowest BCUT2D eigenvalue weighted by Crippen LogP contribution is -2.43. The molecule has 3 aliphatic heterocycles. The standard InChI is InChI=1S/C29H27F3N6O2S/c30-15-10-29(7-1-9-38(29)13-15)14-39-28-36-24-19(27(37-28)40-16-6-8-35-12-16)3-2-18(23(24)32)17-4-5-21(31)25-22(17)20(11-33)26(34)41-25/h2-5,15-16,35H,1,6-10,12-14,34H2. The van der Waals surface area contributed by atoms with E-state index in [1.54, 1.807) is 12.1 Å². The van der Waals surface area contributed by atoms with Gasteiger partial charge in [-0.15, -0.1) is 11.3 Å². The van der Waals surface area contributed by atoms with Gasteiger partial charge in [0, 0.05) is 30.5 Å². The first-order chi connectivity index (χ1) is 19.9. The SMILES string of the molecule is N#Cc1c(N)sc2c(F)ccc(-c3ccc4c(OC5CCNC5)nc(OCC56CCCN5CC(F)C6)nc4c3F)c12. The number of nitrogens with two attached hydrogens (primary N) is 1. The van der Waals surface area contributed by atoms with E-state index in [1.165, 1.54) is 12.1 Å². The van der Waals surface area contributed by atoms with Crippen molar-refractivity contribution >= 4 is 37.3 Å². The number of benzene rings is 2. The molecule has 0 saturated carbocycles. The summed E-state index contributed by atoms with van der Waals surface area (Å²) in [5.74, 6) is -1.03. The van der Waals surface area contributed by atoms with Crippen LogP contribution in [0, 0.1) is 23.0 Å². The van der Waals surface area contributed by atoms with Crippen molar-refractivity contribution in [3.8, 4) is 29.1 Å². The van der Waals surface area contributed by atoms with Crippen molar-refractivity contribution in [1.82, 2.24) is 20.2 Å². The summed E-state index contributed by atoms with van der Waals surface area (Å²) in [6.07, 6.45) is 1.84.